The first-order valence-electron chi connectivity index (χ1n) is 9.05. The Kier molecular flexibility index (Phi) is 6.48. The monoisotopic (exact) mass is 427 g/mol. The Hall–Kier alpha value is -3.65. The summed E-state index contributed by atoms with van der Waals surface area (Å²) in [5.74, 6) is -1.38. The van der Waals surface area contributed by atoms with E-state index in [4.69, 9.17) is 16.3 Å². The molecule has 0 atom stereocenters. The van der Waals surface area contributed by atoms with E-state index < -0.39 is 23.1 Å². The molecular weight excluding hydrogens is 410 g/mol. The summed E-state index contributed by atoms with van der Waals surface area (Å²) in [6.45, 7) is 1.74. The molecule has 3 aromatic rings. The molecule has 8 nitrogen and oxygen atoms in total. The lowest BCUT2D eigenvalue weighted by molar-refractivity contribution is 0.0527. The number of esters is 1. The highest BCUT2D eigenvalue weighted by Crippen LogP contribution is 2.17. The van der Waals surface area contributed by atoms with Gasteiger partial charge in [-0.05, 0) is 30.7 Å². The van der Waals surface area contributed by atoms with E-state index in [-0.39, 0.29) is 30.0 Å². The zero-order chi connectivity index (χ0) is 21.7. The average Bonchev–Trinajstić information content (AvgIpc) is 2.73. The van der Waals surface area contributed by atoms with Crippen LogP contribution in [0.5, 0.6) is 0 Å². The summed E-state index contributed by atoms with van der Waals surface area (Å²) in [7, 11) is 0. The van der Waals surface area contributed by atoms with E-state index in [1.54, 1.807) is 43.3 Å². The van der Waals surface area contributed by atoms with Gasteiger partial charge in [-0.15, -0.1) is 0 Å². The minimum atomic E-state index is -0.787. The van der Waals surface area contributed by atoms with E-state index in [9.17, 15) is 19.2 Å². The summed E-state index contributed by atoms with van der Waals surface area (Å²) in [5.41, 5.74) is -0.872. The van der Waals surface area contributed by atoms with Crippen LogP contribution in [-0.2, 0) is 11.3 Å². The number of hydrogen-bond donors (Lipinski definition) is 2. The van der Waals surface area contributed by atoms with E-state index in [2.05, 4.69) is 10.3 Å². The van der Waals surface area contributed by atoms with Crippen molar-refractivity contribution in [1.29, 1.82) is 0 Å². The second kappa shape index (κ2) is 9.23. The summed E-state index contributed by atoms with van der Waals surface area (Å²) in [6, 6.07) is 13.0. The fourth-order valence-electron chi connectivity index (χ4n) is 2.78. The number of carbonyl (C=O) groups is 2. The van der Waals surface area contributed by atoms with Gasteiger partial charge >= 0.3 is 11.7 Å². The Bertz CT molecular complexity index is 1220. The Morgan fingerprint density at radius 2 is 1.77 bits per heavy atom. The van der Waals surface area contributed by atoms with Crippen LogP contribution < -0.4 is 16.6 Å². The minimum Gasteiger partial charge on any atom is -0.462 e. The number of anilines is 1. The topological polar surface area (TPSA) is 110 Å². The summed E-state index contributed by atoms with van der Waals surface area (Å²) < 4.78 is 5.86. The highest BCUT2D eigenvalue weighted by Gasteiger charge is 2.19. The first-order valence-corrected chi connectivity index (χ1v) is 9.43. The van der Waals surface area contributed by atoms with Crippen LogP contribution in [0.4, 0.5) is 5.69 Å². The van der Waals surface area contributed by atoms with Crippen molar-refractivity contribution in [2.24, 2.45) is 0 Å². The number of nitrogens with one attached hydrogen (secondary N) is 2. The first-order chi connectivity index (χ1) is 14.4. The van der Waals surface area contributed by atoms with Crippen molar-refractivity contribution in [2.75, 3.05) is 11.9 Å². The maximum Gasteiger partial charge on any atom is 0.340 e. The number of carbonyl (C=O) groups excluding carboxylic acids is 2. The standard InChI is InChI=1S/C21H18ClN3O5/c1-2-30-20(28)14-8-4-6-10-17(14)24-18(26)15-11-23-21(29)25(19(15)27)12-13-7-3-5-9-16(13)22/h3-11H,2,12H2,1H3,(H,23,29)(H,24,26). The van der Waals surface area contributed by atoms with Crippen LogP contribution in [-0.4, -0.2) is 28.0 Å². The first kappa shape index (κ1) is 21.1. The van der Waals surface area contributed by atoms with Crippen molar-refractivity contribution in [1.82, 2.24) is 9.55 Å². The number of benzene rings is 2. The summed E-state index contributed by atoms with van der Waals surface area (Å²) in [6.07, 6.45) is 1.04. The number of ether oxygens (including phenoxy) is 1. The zero-order valence-electron chi connectivity index (χ0n) is 16.0. The van der Waals surface area contributed by atoms with Gasteiger partial charge < -0.3 is 15.0 Å². The molecule has 1 amide bonds. The average molecular weight is 428 g/mol. The highest BCUT2D eigenvalue weighted by molar-refractivity contribution is 6.31. The molecule has 0 spiro atoms. The van der Waals surface area contributed by atoms with E-state index in [1.807, 2.05) is 0 Å². The number of halogens is 1. The molecule has 0 fully saturated rings. The van der Waals surface area contributed by atoms with Crippen molar-refractivity contribution in [3.63, 3.8) is 0 Å². The minimum absolute atomic E-state index is 0.103. The molecule has 0 aliphatic heterocycles. The molecule has 1 aromatic heterocycles. The van der Waals surface area contributed by atoms with Gasteiger partial charge in [-0.1, -0.05) is 41.9 Å². The van der Waals surface area contributed by atoms with Crippen LogP contribution in [0.15, 0.2) is 64.3 Å². The quantitative estimate of drug-likeness (QED) is 0.587. The number of hydrogen-bond acceptors (Lipinski definition) is 5. The smallest absolute Gasteiger partial charge is 0.340 e. The number of rotatable bonds is 6. The number of aromatic amines is 1. The number of amides is 1. The SMILES string of the molecule is CCOC(=O)c1ccccc1NC(=O)c1c[nH]c(=O)n(Cc2ccccc2Cl)c1=O. The Labute approximate surface area is 176 Å². The van der Waals surface area contributed by atoms with Crippen LogP contribution in [0, 0.1) is 0 Å². The predicted octanol–water partition coefficient (Wildman–Crippen LogP) is 2.67. The molecule has 0 bridgehead atoms. The third kappa shape index (κ3) is 4.49. The zero-order valence-corrected chi connectivity index (χ0v) is 16.7. The van der Waals surface area contributed by atoms with Crippen LogP contribution in [0.25, 0.3) is 0 Å². The normalized spacial score (nSPS) is 10.5. The molecular formula is C21H18ClN3O5. The van der Waals surface area contributed by atoms with Crippen molar-refractivity contribution in [3.05, 3.63) is 97.3 Å². The lowest BCUT2D eigenvalue weighted by Gasteiger charge is -2.11. The van der Waals surface area contributed by atoms with Gasteiger partial charge in [-0.3, -0.25) is 14.2 Å². The maximum atomic E-state index is 12.8. The molecule has 3 rings (SSSR count). The Morgan fingerprint density at radius 3 is 2.50 bits per heavy atom. The van der Waals surface area contributed by atoms with E-state index in [0.717, 1.165) is 10.8 Å². The molecule has 1 heterocycles. The Morgan fingerprint density at radius 1 is 1.07 bits per heavy atom. The van der Waals surface area contributed by atoms with Gasteiger partial charge in [0, 0.05) is 11.2 Å². The highest BCUT2D eigenvalue weighted by atomic mass is 35.5. The molecule has 9 heteroatoms. The van der Waals surface area contributed by atoms with Gasteiger partial charge in [0.05, 0.1) is 24.4 Å². The molecule has 2 N–H and O–H groups in total. The number of nitrogens with zero attached hydrogens (tertiary/aromatic N) is 1. The van der Waals surface area contributed by atoms with Gasteiger partial charge in [0.25, 0.3) is 11.5 Å². The molecule has 0 aliphatic rings. The Balaban J connectivity index is 1.93. The third-order valence-corrected chi connectivity index (χ3v) is 4.63. The second-order valence-electron chi connectivity index (χ2n) is 6.21. The van der Waals surface area contributed by atoms with Crippen LogP contribution in [0.3, 0.4) is 0 Å². The fourth-order valence-corrected chi connectivity index (χ4v) is 2.98. The maximum absolute atomic E-state index is 12.8. The van der Waals surface area contributed by atoms with Gasteiger partial charge in [-0.25, -0.2) is 9.59 Å². The molecule has 0 saturated carbocycles. The number of para-hydroxylation sites is 1. The molecule has 0 radical (unpaired) electrons. The molecule has 154 valence electrons. The van der Waals surface area contributed by atoms with Crippen LogP contribution in [0.1, 0.15) is 33.2 Å². The number of H-pyrrole nitrogens is 1. The van der Waals surface area contributed by atoms with Gasteiger partial charge in [0.2, 0.25) is 0 Å². The van der Waals surface area contributed by atoms with Crippen molar-refractivity contribution >= 4 is 29.2 Å². The largest absolute Gasteiger partial charge is 0.462 e. The summed E-state index contributed by atoms with van der Waals surface area (Å²) >= 11 is 6.11. The van der Waals surface area contributed by atoms with Crippen molar-refractivity contribution in [2.45, 2.75) is 13.5 Å². The molecule has 0 saturated heterocycles. The summed E-state index contributed by atoms with van der Waals surface area (Å²) in [4.78, 5) is 52.2. The van der Waals surface area contributed by atoms with Crippen molar-refractivity contribution in [3.8, 4) is 0 Å². The van der Waals surface area contributed by atoms with E-state index in [1.165, 1.54) is 12.1 Å². The van der Waals surface area contributed by atoms with Crippen LogP contribution in [0.2, 0.25) is 5.02 Å². The molecule has 0 aliphatic carbocycles. The molecule has 30 heavy (non-hydrogen) atoms. The van der Waals surface area contributed by atoms with E-state index in [0.29, 0.717) is 10.6 Å². The molecule has 0 unspecified atom stereocenters. The van der Waals surface area contributed by atoms with Gasteiger partial charge in [0.15, 0.2) is 0 Å². The predicted molar refractivity (Wildman–Crippen MR) is 112 cm³/mol. The summed E-state index contributed by atoms with van der Waals surface area (Å²) in [5, 5.41) is 2.92. The second-order valence-corrected chi connectivity index (χ2v) is 6.62. The van der Waals surface area contributed by atoms with Crippen molar-refractivity contribution < 1.29 is 14.3 Å². The molecule has 2 aromatic carbocycles. The van der Waals surface area contributed by atoms with Gasteiger partial charge in [-0.2, -0.15) is 0 Å². The van der Waals surface area contributed by atoms with Gasteiger partial charge in [0.1, 0.15) is 5.56 Å². The third-order valence-electron chi connectivity index (χ3n) is 4.26. The van der Waals surface area contributed by atoms with Crippen LogP contribution >= 0.6 is 11.6 Å². The van der Waals surface area contributed by atoms with E-state index >= 15 is 0 Å². The fraction of sp³-hybridized carbons (Fsp3) is 0.143. The number of aromatic nitrogens is 2. The lowest BCUT2D eigenvalue weighted by Crippen LogP contribution is -2.39. The lowest BCUT2D eigenvalue weighted by atomic mass is 10.1.